The lowest BCUT2D eigenvalue weighted by Gasteiger charge is -2.32. The van der Waals surface area contributed by atoms with E-state index in [4.69, 9.17) is 9.47 Å². The number of carbonyl (C=O) groups excluding carboxylic acids is 1. The monoisotopic (exact) mass is 410 g/mol. The van der Waals surface area contributed by atoms with Crippen molar-refractivity contribution < 1.29 is 14.3 Å². The Kier molecular flexibility index (Phi) is 7.21. The van der Waals surface area contributed by atoms with E-state index in [9.17, 15) is 9.70 Å². The molecule has 0 bridgehead atoms. The Labute approximate surface area is 178 Å². The van der Waals surface area contributed by atoms with Crippen molar-refractivity contribution in [3.05, 3.63) is 64.1 Å². The van der Waals surface area contributed by atoms with E-state index in [0.29, 0.717) is 30.1 Å². The highest BCUT2D eigenvalue weighted by Crippen LogP contribution is 2.48. The second kappa shape index (κ2) is 9.85. The zero-order chi connectivity index (χ0) is 21.6. The Morgan fingerprint density at radius 2 is 1.90 bits per heavy atom. The number of fused-ring (bicyclic) bond motifs is 2. The zero-order valence-electron chi connectivity index (χ0n) is 18.0. The van der Waals surface area contributed by atoms with Crippen LogP contribution in [-0.4, -0.2) is 38.1 Å². The number of carbonyl (C=O) groups is 1. The minimum atomic E-state index is -1.19. The van der Waals surface area contributed by atoms with E-state index >= 15 is 0 Å². The molecular weight excluding hydrogens is 380 g/mol. The third-order valence-corrected chi connectivity index (χ3v) is 5.67. The lowest BCUT2D eigenvalue weighted by molar-refractivity contribution is -0.122. The molecule has 2 aromatic rings. The molecule has 0 radical (unpaired) electrons. The van der Waals surface area contributed by atoms with Crippen molar-refractivity contribution >= 4 is 5.91 Å². The normalized spacial score (nSPS) is 17.5. The van der Waals surface area contributed by atoms with Gasteiger partial charge in [0.15, 0.2) is 0 Å². The summed E-state index contributed by atoms with van der Waals surface area (Å²) in [6, 6.07) is 13.1. The number of nitroso groups, excluding NO2 is 1. The molecule has 0 saturated heterocycles. The fourth-order valence-corrected chi connectivity index (χ4v) is 4.16. The van der Waals surface area contributed by atoms with Crippen LogP contribution >= 0.6 is 0 Å². The van der Waals surface area contributed by atoms with Crippen LogP contribution in [0.3, 0.4) is 0 Å². The van der Waals surface area contributed by atoms with Crippen molar-refractivity contribution in [1.82, 2.24) is 4.90 Å². The maximum atomic E-state index is 13.2. The fourth-order valence-electron chi connectivity index (χ4n) is 4.16. The van der Waals surface area contributed by atoms with Gasteiger partial charge >= 0.3 is 5.91 Å². The molecule has 6 nitrogen and oxygen atoms in total. The molecular formula is C24H30N2O4. The smallest absolute Gasteiger partial charge is 0.301 e. The molecule has 1 aliphatic rings. The minimum absolute atomic E-state index is 0.274. The van der Waals surface area contributed by atoms with Gasteiger partial charge in [-0.3, -0.25) is 4.79 Å². The van der Waals surface area contributed by atoms with Crippen molar-refractivity contribution in [3.63, 3.8) is 0 Å². The van der Waals surface area contributed by atoms with Gasteiger partial charge in [0, 0.05) is 16.3 Å². The highest BCUT2D eigenvalue weighted by atomic mass is 16.5. The van der Waals surface area contributed by atoms with Gasteiger partial charge in [0.2, 0.25) is 0 Å². The van der Waals surface area contributed by atoms with E-state index in [1.165, 1.54) is 0 Å². The Bertz CT molecular complexity index is 897. The summed E-state index contributed by atoms with van der Waals surface area (Å²) in [4.78, 5) is 26.9. The first kappa shape index (κ1) is 22.0. The van der Waals surface area contributed by atoms with E-state index in [1.807, 2.05) is 56.6 Å². The molecule has 1 heterocycles. The van der Waals surface area contributed by atoms with Crippen LogP contribution in [0.15, 0.2) is 47.6 Å². The van der Waals surface area contributed by atoms with Crippen molar-refractivity contribution in [2.24, 2.45) is 5.18 Å². The Hall–Kier alpha value is -2.73. The number of amides is 1. The SMILES string of the molecule is CCCCOc1cccc2c1COc1ccccc1C2(CCCN(C)C)C(=O)N=O. The molecule has 3 rings (SSSR count). The molecule has 1 atom stereocenters. The van der Waals surface area contributed by atoms with Gasteiger partial charge in [-0.15, -0.1) is 4.91 Å². The summed E-state index contributed by atoms with van der Waals surface area (Å²) in [5, 5.41) is 2.93. The summed E-state index contributed by atoms with van der Waals surface area (Å²) in [6.07, 6.45) is 3.15. The average molecular weight is 411 g/mol. The highest BCUT2D eigenvalue weighted by Gasteiger charge is 2.47. The van der Waals surface area contributed by atoms with Crippen molar-refractivity contribution in [1.29, 1.82) is 0 Å². The van der Waals surface area contributed by atoms with Crippen molar-refractivity contribution in [2.45, 2.75) is 44.6 Å². The quantitative estimate of drug-likeness (QED) is 0.444. The second-order valence-electron chi connectivity index (χ2n) is 7.98. The van der Waals surface area contributed by atoms with Crippen LogP contribution in [0, 0.1) is 4.91 Å². The van der Waals surface area contributed by atoms with Gasteiger partial charge in [-0.2, -0.15) is 0 Å². The molecule has 30 heavy (non-hydrogen) atoms. The molecule has 160 valence electrons. The Morgan fingerprint density at radius 1 is 1.13 bits per heavy atom. The molecule has 0 fully saturated rings. The zero-order valence-corrected chi connectivity index (χ0v) is 18.0. The summed E-state index contributed by atoms with van der Waals surface area (Å²) in [5.74, 6) is 0.616. The first-order valence-corrected chi connectivity index (χ1v) is 10.5. The molecule has 0 N–H and O–H groups in total. The Morgan fingerprint density at radius 3 is 2.63 bits per heavy atom. The van der Waals surface area contributed by atoms with Gasteiger partial charge in [0.25, 0.3) is 0 Å². The standard InChI is InChI=1S/C24H30N2O4/c1-4-5-16-29-21-13-8-11-19-18(21)17-30-22-12-7-6-10-20(22)24(19,23(27)25-28)14-9-15-26(2)3/h6-8,10-13H,4-5,9,14-17H2,1-3H3. The summed E-state index contributed by atoms with van der Waals surface area (Å²) >= 11 is 0. The molecule has 6 heteroatoms. The summed E-state index contributed by atoms with van der Waals surface area (Å²) in [5.41, 5.74) is 1.07. The highest BCUT2D eigenvalue weighted by molar-refractivity contribution is 5.94. The first-order chi connectivity index (χ1) is 14.5. The summed E-state index contributed by atoms with van der Waals surface area (Å²) in [6.45, 7) is 3.77. The van der Waals surface area contributed by atoms with Crippen molar-refractivity contribution in [3.8, 4) is 11.5 Å². The van der Waals surface area contributed by atoms with Gasteiger partial charge in [-0.05, 0) is 57.6 Å². The van der Waals surface area contributed by atoms with Crippen LogP contribution in [0.5, 0.6) is 11.5 Å². The predicted octanol–water partition coefficient (Wildman–Crippen LogP) is 4.68. The van der Waals surface area contributed by atoms with E-state index in [-0.39, 0.29) is 6.61 Å². The molecule has 1 unspecified atom stereocenters. The fraction of sp³-hybridized carbons (Fsp3) is 0.458. The second-order valence-corrected chi connectivity index (χ2v) is 7.98. The number of ether oxygens (including phenoxy) is 2. The van der Waals surface area contributed by atoms with E-state index in [0.717, 1.165) is 36.9 Å². The maximum absolute atomic E-state index is 13.2. The number of rotatable bonds is 9. The van der Waals surface area contributed by atoms with Gasteiger partial charge in [-0.1, -0.05) is 43.7 Å². The van der Waals surface area contributed by atoms with Crippen LogP contribution < -0.4 is 9.47 Å². The lowest BCUT2D eigenvalue weighted by Crippen LogP contribution is -2.37. The molecule has 1 aliphatic heterocycles. The maximum Gasteiger partial charge on any atom is 0.301 e. The molecule has 0 aromatic heterocycles. The number of unbranched alkanes of at least 4 members (excludes halogenated alkanes) is 1. The topological polar surface area (TPSA) is 68.2 Å². The number of benzene rings is 2. The van der Waals surface area contributed by atoms with Crippen LogP contribution in [0.4, 0.5) is 0 Å². The summed E-state index contributed by atoms with van der Waals surface area (Å²) < 4.78 is 12.2. The van der Waals surface area contributed by atoms with E-state index in [1.54, 1.807) is 0 Å². The molecule has 0 spiro atoms. The third-order valence-electron chi connectivity index (χ3n) is 5.67. The van der Waals surface area contributed by atoms with Crippen molar-refractivity contribution in [2.75, 3.05) is 27.2 Å². The number of nitrogens with zero attached hydrogens (tertiary/aromatic N) is 2. The first-order valence-electron chi connectivity index (χ1n) is 10.5. The molecule has 2 aromatic carbocycles. The number of hydrogen-bond donors (Lipinski definition) is 0. The molecule has 0 aliphatic carbocycles. The molecule has 0 saturated carbocycles. The van der Waals surface area contributed by atoms with E-state index < -0.39 is 11.3 Å². The van der Waals surface area contributed by atoms with Crippen LogP contribution in [0.1, 0.15) is 49.3 Å². The predicted molar refractivity (Wildman–Crippen MR) is 117 cm³/mol. The number of hydrogen-bond acceptors (Lipinski definition) is 5. The number of para-hydroxylation sites is 1. The Balaban J connectivity index is 2.19. The third kappa shape index (κ3) is 4.24. The van der Waals surface area contributed by atoms with Crippen LogP contribution in [0.2, 0.25) is 0 Å². The van der Waals surface area contributed by atoms with Gasteiger partial charge in [0.1, 0.15) is 23.5 Å². The van der Waals surface area contributed by atoms with Gasteiger partial charge in [-0.25, -0.2) is 0 Å². The largest absolute Gasteiger partial charge is 0.493 e. The van der Waals surface area contributed by atoms with Gasteiger partial charge in [0.05, 0.1) is 6.61 Å². The lowest BCUT2D eigenvalue weighted by atomic mass is 9.69. The van der Waals surface area contributed by atoms with E-state index in [2.05, 4.69) is 17.0 Å². The summed E-state index contributed by atoms with van der Waals surface area (Å²) in [7, 11) is 3.98. The van der Waals surface area contributed by atoms with Crippen LogP contribution in [-0.2, 0) is 16.8 Å². The minimum Gasteiger partial charge on any atom is -0.493 e. The van der Waals surface area contributed by atoms with Gasteiger partial charge < -0.3 is 14.4 Å². The average Bonchev–Trinajstić information content (AvgIpc) is 2.89. The molecule has 1 amide bonds. The van der Waals surface area contributed by atoms with Crippen LogP contribution in [0.25, 0.3) is 0 Å².